The number of aliphatic carboxylic acids is 1. The summed E-state index contributed by atoms with van der Waals surface area (Å²) in [5.41, 5.74) is -0.242. The second-order valence-electron chi connectivity index (χ2n) is 4.37. The molecule has 1 atom stereocenters. The number of carboxylic acid groups (broad SMARTS) is 1. The molecule has 19 heavy (non-hydrogen) atoms. The highest BCUT2D eigenvalue weighted by Crippen LogP contribution is 2.41. The van der Waals surface area contributed by atoms with Crippen molar-refractivity contribution in [3.8, 4) is 0 Å². The Hall–Kier alpha value is -1.56. The summed E-state index contributed by atoms with van der Waals surface area (Å²) in [5.74, 6) is -1.47. The van der Waals surface area contributed by atoms with E-state index in [0.29, 0.717) is 10.3 Å². The van der Waals surface area contributed by atoms with E-state index in [-0.39, 0.29) is 11.8 Å². The van der Waals surface area contributed by atoms with Crippen LogP contribution in [0, 0.1) is 0 Å². The number of halogens is 3. The Morgan fingerprint density at radius 3 is 2.68 bits per heavy atom. The van der Waals surface area contributed by atoms with Crippen LogP contribution in [0.4, 0.5) is 13.2 Å². The molecule has 1 aromatic carbocycles. The second-order valence-corrected chi connectivity index (χ2v) is 5.28. The molecule has 1 aromatic heterocycles. The van der Waals surface area contributed by atoms with Gasteiger partial charge in [-0.1, -0.05) is 13.0 Å². The molecule has 1 heterocycles. The van der Waals surface area contributed by atoms with Crippen LogP contribution in [-0.2, 0) is 11.0 Å². The first-order chi connectivity index (χ1) is 8.80. The van der Waals surface area contributed by atoms with Crippen LogP contribution in [-0.4, -0.2) is 11.1 Å². The van der Waals surface area contributed by atoms with Gasteiger partial charge in [0.25, 0.3) is 0 Å². The van der Waals surface area contributed by atoms with Crippen LogP contribution in [0.1, 0.15) is 30.4 Å². The number of thiophene rings is 1. The Labute approximate surface area is 111 Å². The maximum Gasteiger partial charge on any atom is 0.417 e. The van der Waals surface area contributed by atoms with Crippen LogP contribution in [0.25, 0.3) is 10.1 Å². The molecule has 0 saturated heterocycles. The number of carbonyl (C=O) groups is 1. The number of fused-ring (bicyclic) bond motifs is 1. The molecule has 1 unspecified atom stereocenters. The lowest BCUT2D eigenvalue weighted by Gasteiger charge is -2.13. The predicted octanol–water partition coefficient (Wildman–Crippen LogP) is 4.50. The number of hydrogen-bond donors (Lipinski definition) is 1. The molecule has 0 bridgehead atoms. The Kier molecular flexibility index (Phi) is 3.54. The number of benzene rings is 1. The summed E-state index contributed by atoms with van der Waals surface area (Å²) in [5, 5.41) is 10.5. The van der Waals surface area contributed by atoms with E-state index in [4.69, 9.17) is 5.11 Å². The van der Waals surface area contributed by atoms with Crippen LogP contribution in [0.2, 0.25) is 0 Å². The quantitative estimate of drug-likeness (QED) is 0.903. The zero-order valence-electron chi connectivity index (χ0n) is 9.99. The minimum absolute atomic E-state index is 0.133. The van der Waals surface area contributed by atoms with Gasteiger partial charge in [0.1, 0.15) is 0 Å². The van der Waals surface area contributed by atoms with Gasteiger partial charge in [-0.2, -0.15) is 13.2 Å². The van der Waals surface area contributed by atoms with Gasteiger partial charge in [-0.25, -0.2) is 0 Å². The SMILES string of the molecule is CC(CC(=O)O)c1csc2cccc(C(F)(F)F)c12. The van der Waals surface area contributed by atoms with Gasteiger partial charge in [0.05, 0.1) is 12.0 Å². The minimum atomic E-state index is -4.43. The summed E-state index contributed by atoms with van der Waals surface area (Å²) in [6.07, 6.45) is -4.61. The van der Waals surface area contributed by atoms with E-state index >= 15 is 0 Å². The molecule has 2 nitrogen and oxygen atoms in total. The van der Waals surface area contributed by atoms with Crippen molar-refractivity contribution in [1.29, 1.82) is 0 Å². The largest absolute Gasteiger partial charge is 0.481 e. The molecule has 2 rings (SSSR count). The van der Waals surface area contributed by atoms with Crippen LogP contribution in [0.3, 0.4) is 0 Å². The highest BCUT2D eigenvalue weighted by Gasteiger charge is 2.34. The Balaban J connectivity index is 2.60. The normalized spacial score (nSPS) is 13.7. The van der Waals surface area contributed by atoms with Crippen molar-refractivity contribution >= 4 is 27.4 Å². The number of rotatable bonds is 3. The van der Waals surface area contributed by atoms with Crippen molar-refractivity contribution in [2.45, 2.75) is 25.4 Å². The van der Waals surface area contributed by atoms with Crippen molar-refractivity contribution in [2.24, 2.45) is 0 Å². The van der Waals surface area contributed by atoms with E-state index in [1.807, 2.05) is 0 Å². The summed E-state index contributed by atoms with van der Waals surface area (Å²) >= 11 is 1.21. The zero-order valence-corrected chi connectivity index (χ0v) is 10.8. The van der Waals surface area contributed by atoms with Gasteiger partial charge >= 0.3 is 12.1 Å². The number of hydrogen-bond acceptors (Lipinski definition) is 2. The molecule has 0 saturated carbocycles. The Morgan fingerprint density at radius 1 is 1.42 bits per heavy atom. The third kappa shape index (κ3) is 2.73. The fourth-order valence-corrected chi connectivity index (χ4v) is 3.19. The molecule has 1 N–H and O–H groups in total. The summed E-state index contributed by atoms with van der Waals surface area (Å²) in [4.78, 5) is 10.7. The first-order valence-corrected chi connectivity index (χ1v) is 6.47. The monoisotopic (exact) mass is 288 g/mol. The fraction of sp³-hybridized carbons (Fsp3) is 0.308. The molecule has 0 spiro atoms. The first kappa shape index (κ1) is 13.9. The first-order valence-electron chi connectivity index (χ1n) is 5.60. The van der Waals surface area contributed by atoms with Crippen molar-refractivity contribution < 1.29 is 23.1 Å². The Morgan fingerprint density at radius 2 is 2.11 bits per heavy atom. The van der Waals surface area contributed by atoms with Gasteiger partial charge in [0, 0.05) is 10.1 Å². The van der Waals surface area contributed by atoms with E-state index in [1.165, 1.54) is 17.4 Å². The standard InChI is InChI=1S/C13H11F3O2S/c1-7(5-11(17)18)8-6-19-10-4-2-3-9(12(8)10)13(14,15)16/h2-4,6-7H,5H2,1H3,(H,17,18). The third-order valence-corrected chi connectivity index (χ3v) is 3.91. The second kappa shape index (κ2) is 4.85. The smallest absolute Gasteiger partial charge is 0.417 e. The van der Waals surface area contributed by atoms with E-state index in [9.17, 15) is 18.0 Å². The lowest BCUT2D eigenvalue weighted by atomic mass is 9.94. The summed E-state index contributed by atoms with van der Waals surface area (Å²) in [6.45, 7) is 1.63. The highest BCUT2D eigenvalue weighted by molar-refractivity contribution is 7.17. The van der Waals surface area contributed by atoms with Gasteiger partial charge in [-0.3, -0.25) is 4.79 Å². The van der Waals surface area contributed by atoms with Gasteiger partial charge in [-0.15, -0.1) is 11.3 Å². The topological polar surface area (TPSA) is 37.3 Å². The summed E-state index contributed by atoms with van der Waals surface area (Å²) in [7, 11) is 0. The van der Waals surface area contributed by atoms with Gasteiger partial charge < -0.3 is 5.11 Å². The molecular formula is C13H11F3O2S. The van der Waals surface area contributed by atoms with Crippen LogP contribution >= 0.6 is 11.3 Å². The van der Waals surface area contributed by atoms with E-state index in [0.717, 1.165) is 6.07 Å². The maximum atomic E-state index is 13.0. The van der Waals surface area contributed by atoms with Crippen molar-refractivity contribution in [3.05, 3.63) is 34.7 Å². The van der Waals surface area contributed by atoms with Crippen molar-refractivity contribution in [1.82, 2.24) is 0 Å². The molecule has 0 amide bonds. The highest BCUT2D eigenvalue weighted by atomic mass is 32.1. The van der Waals surface area contributed by atoms with Crippen LogP contribution in [0.5, 0.6) is 0 Å². The molecule has 2 aromatic rings. The lowest BCUT2D eigenvalue weighted by Crippen LogP contribution is -2.08. The molecule has 6 heteroatoms. The fourth-order valence-electron chi connectivity index (χ4n) is 2.08. The molecule has 0 aliphatic rings. The maximum absolute atomic E-state index is 13.0. The van der Waals surface area contributed by atoms with E-state index in [1.54, 1.807) is 18.4 Å². The molecule has 0 radical (unpaired) electrons. The van der Waals surface area contributed by atoms with E-state index in [2.05, 4.69) is 0 Å². The van der Waals surface area contributed by atoms with Gasteiger partial charge in [-0.05, 0) is 29.0 Å². The molecule has 0 aliphatic carbocycles. The zero-order chi connectivity index (χ0) is 14.2. The van der Waals surface area contributed by atoms with Crippen molar-refractivity contribution in [2.75, 3.05) is 0 Å². The predicted molar refractivity (Wildman–Crippen MR) is 67.5 cm³/mol. The van der Waals surface area contributed by atoms with E-state index < -0.39 is 23.6 Å². The Bertz CT molecular complexity index is 616. The van der Waals surface area contributed by atoms with Crippen LogP contribution < -0.4 is 0 Å². The molecule has 102 valence electrons. The molecular weight excluding hydrogens is 277 g/mol. The molecule has 0 fully saturated rings. The minimum Gasteiger partial charge on any atom is -0.481 e. The number of alkyl halides is 3. The van der Waals surface area contributed by atoms with Crippen molar-refractivity contribution in [3.63, 3.8) is 0 Å². The average molecular weight is 288 g/mol. The van der Waals surface area contributed by atoms with Gasteiger partial charge in [0.15, 0.2) is 0 Å². The third-order valence-electron chi connectivity index (χ3n) is 2.94. The summed E-state index contributed by atoms with van der Waals surface area (Å²) < 4.78 is 39.5. The summed E-state index contributed by atoms with van der Waals surface area (Å²) in [6, 6.07) is 4.02. The van der Waals surface area contributed by atoms with Crippen LogP contribution in [0.15, 0.2) is 23.6 Å². The average Bonchev–Trinajstić information content (AvgIpc) is 2.69. The molecule has 0 aliphatic heterocycles. The number of carboxylic acids is 1. The van der Waals surface area contributed by atoms with Gasteiger partial charge in [0.2, 0.25) is 0 Å². The lowest BCUT2D eigenvalue weighted by molar-refractivity contribution is -0.137.